The quantitative estimate of drug-likeness (QED) is 0.451. The Hall–Kier alpha value is -1.45. The topological polar surface area (TPSA) is 50.9 Å². The van der Waals surface area contributed by atoms with E-state index in [0.29, 0.717) is 0 Å². The van der Waals surface area contributed by atoms with Crippen LogP contribution in [0.3, 0.4) is 0 Å². The van der Waals surface area contributed by atoms with Crippen molar-refractivity contribution in [1.82, 2.24) is 10.4 Å². The Labute approximate surface area is 115 Å². The van der Waals surface area contributed by atoms with Gasteiger partial charge in [0.25, 0.3) is 0 Å². The Kier molecular flexibility index (Phi) is 5.31. The normalized spacial score (nSPS) is 12.7. The SMILES string of the molecule is CCCCCCC(NN)c1cccc2ccncc12. The summed E-state index contributed by atoms with van der Waals surface area (Å²) < 4.78 is 0. The maximum atomic E-state index is 5.74. The van der Waals surface area contributed by atoms with Crippen molar-refractivity contribution in [2.24, 2.45) is 5.84 Å². The molecule has 2 rings (SSSR count). The second-order valence-corrected chi connectivity index (χ2v) is 5.01. The molecular weight excluding hydrogens is 234 g/mol. The van der Waals surface area contributed by atoms with Crippen LogP contribution in [0.15, 0.2) is 36.7 Å². The van der Waals surface area contributed by atoms with Crippen LogP contribution in [0.1, 0.15) is 50.6 Å². The minimum atomic E-state index is 0.213. The summed E-state index contributed by atoms with van der Waals surface area (Å²) in [6.07, 6.45) is 9.88. The molecule has 1 aromatic carbocycles. The number of hydrogen-bond donors (Lipinski definition) is 2. The molecule has 3 heteroatoms. The highest BCUT2D eigenvalue weighted by atomic mass is 15.2. The van der Waals surface area contributed by atoms with Crippen LogP contribution in [0.25, 0.3) is 10.8 Å². The Morgan fingerprint density at radius 3 is 2.89 bits per heavy atom. The monoisotopic (exact) mass is 257 g/mol. The fourth-order valence-corrected chi connectivity index (χ4v) is 2.54. The zero-order chi connectivity index (χ0) is 13.5. The molecule has 102 valence electrons. The molecule has 0 aliphatic rings. The van der Waals surface area contributed by atoms with E-state index in [4.69, 9.17) is 5.84 Å². The molecule has 19 heavy (non-hydrogen) atoms. The van der Waals surface area contributed by atoms with Crippen molar-refractivity contribution in [2.45, 2.75) is 45.1 Å². The van der Waals surface area contributed by atoms with E-state index in [2.05, 4.69) is 35.5 Å². The van der Waals surface area contributed by atoms with E-state index in [0.717, 1.165) is 6.42 Å². The van der Waals surface area contributed by atoms with Crippen LogP contribution in [-0.4, -0.2) is 4.98 Å². The van der Waals surface area contributed by atoms with Gasteiger partial charge in [0, 0.05) is 23.8 Å². The van der Waals surface area contributed by atoms with E-state index >= 15 is 0 Å². The molecule has 1 heterocycles. The van der Waals surface area contributed by atoms with E-state index < -0.39 is 0 Å². The highest BCUT2D eigenvalue weighted by molar-refractivity contribution is 5.85. The Bertz CT molecular complexity index is 505. The van der Waals surface area contributed by atoms with E-state index in [1.54, 1.807) is 0 Å². The third-order valence-corrected chi connectivity index (χ3v) is 3.64. The minimum Gasteiger partial charge on any atom is -0.271 e. The van der Waals surface area contributed by atoms with E-state index in [1.807, 2.05) is 18.5 Å². The maximum absolute atomic E-state index is 5.74. The highest BCUT2D eigenvalue weighted by Crippen LogP contribution is 2.26. The van der Waals surface area contributed by atoms with Crippen molar-refractivity contribution in [3.05, 3.63) is 42.2 Å². The zero-order valence-electron chi connectivity index (χ0n) is 11.6. The number of unbranched alkanes of at least 4 members (excludes halogenated alkanes) is 3. The predicted octanol–water partition coefficient (Wildman–Crippen LogP) is 3.71. The van der Waals surface area contributed by atoms with Gasteiger partial charge < -0.3 is 0 Å². The number of aromatic nitrogens is 1. The van der Waals surface area contributed by atoms with Crippen molar-refractivity contribution in [1.29, 1.82) is 0 Å². The summed E-state index contributed by atoms with van der Waals surface area (Å²) in [6, 6.07) is 8.61. The van der Waals surface area contributed by atoms with Crippen molar-refractivity contribution in [2.75, 3.05) is 0 Å². The Morgan fingerprint density at radius 1 is 1.21 bits per heavy atom. The molecule has 0 saturated carbocycles. The first-order valence-electron chi connectivity index (χ1n) is 7.15. The molecule has 2 aromatic rings. The zero-order valence-corrected chi connectivity index (χ0v) is 11.6. The smallest absolute Gasteiger partial charge is 0.0466 e. The molecule has 0 spiro atoms. The average Bonchev–Trinajstić information content (AvgIpc) is 2.47. The molecule has 0 saturated heterocycles. The fraction of sp³-hybridized carbons (Fsp3) is 0.438. The van der Waals surface area contributed by atoms with Crippen LogP contribution in [0.2, 0.25) is 0 Å². The molecule has 0 radical (unpaired) electrons. The number of hydrazine groups is 1. The van der Waals surface area contributed by atoms with Crippen LogP contribution in [0, 0.1) is 0 Å². The second kappa shape index (κ2) is 7.22. The van der Waals surface area contributed by atoms with Crippen LogP contribution in [0.4, 0.5) is 0 Å². The van der Waals surface area contributed by atoms with Gasteiger partial charge in [0.05, 0.1) is 0 Å². The molecule has 0 fully saturated rings. The standard InChI is InChI=1S/C16H23N3/c1-2-3-4-5-9-16(19-17)14-8-6-7-13-10-11-18-12-15(13)14/h6-8,10-12,16,19H,2-5,9,17H2,1H3. The molecular formula is C16H23N3. The third-order valence-electron chi connectivity index (χ3n) is 3.64. The lowest BCUT2D eigenvalue weighted by Crippen LogP contribution is -2.28. The average molecular weight is 257 g/mol. The fourth-order valence-electron chi connectivity index (χ4n) is 2.54. The number of nitrogens with one attached hydrogen (secondary N) is 1. The highest BCUT2D eigenvalue weighted by Gasteiger charge is 2.12. The third kappa shape index (κ3) is 3.52. The molecule has 0 aliphatic heterocycles. The molecule has 3 nitrogen and oxygen atoms in total. The maximum Gasteiger partial charge on any atom is 0.0466 e. The van der Waals surface area contributed by atoms with Gasteiger partial charge in [-0.3, -0.25) is 16.3 Å². The van der Waals surface area contributed by atoms with Gasteiger partial charge in [0.15, 0.2) is 0 Å². The van der Waals surface area contributed by atoms with Crippen LogP contribution >= 0.6 is 0 Å². The van der Waals surface area contributed by atoms with E-state index in [9.17, 15) is 0 Å². The van der Waals surface area contributed by atoms with Crippen molar-refractivity contribution >= 4 is 10.8 Å². The van der Waals surface area contributed by atoms with Crippen LogP contribution in [-0.2, 0) is 0 Å². The largest absolute Gasteiger partial charge is 0.271 e. The van der Waals surface area contributed by atoms with Crippen molar-refractivity contribution in [3.8, 4) is 0 Å². The number of rotatable bonds is 7. The van der Waals surface area contributed by atoms with Gasteiger partial charge in [-0.1, -0.05) is 50.8 Å². The molecule has 0 bridgehead atoms. The summed E-state index contributed by atoms with van der Waals surface area (Å²) >= 11 is 0. The summed E-state index contributed by atoms with van der Waals surface area (Å²) in [7, 11) is 0. The molecule has 1 atom stereocenters. The lowest BCUT2D eigenvalue weighted by atomic mass is 9.96. The Morgan fingerprint density at radius 2 is 2.11 bits per heavy atom. The molecule has 0 amide bonds. The first-order valence-corrected chi connectivity index (χ1v) is 7.15. The first kappa shape index (κ1) is 14.0. The first-order chi connectivity index (χ1) is 9.36. The van der Waals surface area contributed by atoms with Gasteiger partial charge in [-0.2, -0.15) is 0 Å². The molecule has 0 aliphatic carbocycles. The van der Waals surface area contributed by atoms with E-state index in [-0.39, 0.29) is 6.04 Å². The summed E-state index contributed by atoms with van der Waals surface area (Å²) in [5.74, 6) is 5.74. The minimum absolute atomic E-state index is 0.213. The van der Waals surface area contributed by atoms with Crippen LogP contribution in [0.5, 0.6) is 0 Å². The summed E-state index contributed by atoms with van der Waals surface area (Å²) in [5, 5.41) is 2.42. The van der Waals surface area contributed by atoms with Gasteiger partial charge in [-0.05, 0) is 23.4 Å². The molecule has 3 N–H and O–H groups in total. The summed E-state index contributed by atoms with van der Waals surface area (Å²) in [5.41, 5.74) is 4.21. The van der Waals surface area contributed by atoms with Gasteiger partial charge in [-0.15, -0.1) is 0 Å². The Balaban J connectivity index is 2.16. The predicted molar refractivity (Wildman–Crippen MR) is 80.6 cm³/mol. The number of benzene rings is 1. The lowest BCUT2D eigenvalue weighted by Gasteiger charge is -2.18. The summed E-state index contributed by atoms with van der Waals surface area (Å²) in [6.45, 7) is 2.23. The van der Waals surface area contributed by atoms with Gasteiger partial charge in [0.1, 0.15) is 0 Å². The van der Waals surface area contributed by atoms with E-state index in [1.165, 1.54) is 42.0 Å². The number of nitrogens with zero attached hydrogens (tertiary/aromatic N) is 1. The lowest BCUT2D eigenvalue weighted by molar-refractivity contribution is 0.484. The summed E-state index contributed by atoms with van der Waals surface area (Å²) in [4.78, 5) is 4.23. The number of nitrogens with two attached hydrogens (primary N) is 1. The number of pyridine rings is 1. The number of fused-ring (bicyclic) bond motifs is 1. The van der Waals surface area contributed by atoms with Gasteiger partial charge in [-0.25, -0.2) is 0 Å². The number of hydrogen-bond acceptors (Lipinski definition) is 3. The van der Waals surface area contributed by atoms with Crippen molar-refractivity contribution < 1.29 is 0 Å². The molecule has 1 unspecified atom stereocenters. The van der Waals surface area contributed by atoms with Crippen molar-refractivity contribution in [3.63, 3.8) is 0 Å². The van der Waals surface area contributed by atoms with Gasteiger partial charge in [0.2, 0.25) is 0 Å². The second-order valence-electron chi connectivity index (χ2n) is 5.01. The van der Waals surface area contributed by atoms with Crippen LogP contribution < -0.4 is 11.3 Å². The van der Waals surface area contributed by atoms with Gasteiger partial charge >= 0.3 is 0 Å². The molecule has 1 aromatic heterocycles.